The summed E-state index contributed by atoms with van der Waals surface area (Å²) >= 11 is 0. The number of nitrogens with one attached hydrogen (secondary N) is 1. The zero-order valence-corrected chi connectivity index (χ0v) is 20.8. The van der Waals surface area contributed by atoms with Gasteiger partial charge in [-0.15, -0.1) is 0 Å². The number of likely N-dealkylation sites (N-methyl/N-ethyl adjacent to an activating group) is 1. The molecule has 4 rings (SSSR count). The fourth-order valence-electron chi connectivity index (χ4n) is 5.81. The number of hydrogen-bond acceptors (Lipinski definition) is 11. The van der Waals surface area contributed by atoms with Gasteiger partial charge in [0.2, 0.25) is 5.78 Å². The number of carbonyl (C=O) groups is 3. The molecule has 37 heavy (non-hydrogen) atoms. The lowest BCUT2D eigenvalue weighted by Gasteiger charge is -2.50. The molecule has 7 N–H and O–H groups in total. The highest BCUT2D eigenvalue weighted by Gasteiger charge is 2.63. The predicted octanol–water partition coefficient (Wildman–Crippen LogP) is -0.212. The Morgan fingerprint density at radius 1 is 1.22 bits per heavy atom. The summed E-state index contributed by atoms with van der Waals surface area (Å²) in [6.45, 7) is 0.891. The first-order chi connectivity index (χ1) is 17.5. The molecular weight excluding hydrogens is 486 g/mol. The number of allylic oxidation sites excluding steroid dienone is 1. The molecule has 1 amide bonds. The quantitative estimate of drug-likeness (QED) is 0.152. The van der Waals surface area contributed by atoms with Gasteiger partial charge in [0.15, 0.2) is 11.4 Å². The standard InChI is InChI=1S/C25H31N3O9/c1-28(2)19-14-9-12-8-13-11(10-27-37-7-6-36-3)4-5-15(29)17(13)20(30)16(12)22(32)25(14,35)23(33)18(21(19)31)24(26)34/h4-5,12,14,19,27,29,31-32,35H,6-10H2,1-3H3,(H2,26,34)/t12-,14-,19-,25-/m0/s1. The lowest BCUT2D eigenvalue weighted by molar-refractivity contribution is -0.148. The van der Waals surface area contributed by atoms with Gasteiger partial charge in [-0.25, -0.2) is 0 Å². The number of phenolic OH excluding ortho intramolecular Hbond substituents is 1. The summed E-state index contributed by atoms with van der Waals surface area (Å²) in [5, 5.41) is 44.2. The zero-order chi connectivity index (χ0) is 27.2. The molecule has 200 valence electrons. The Labute approximate surface area is 212 Å². The van der Waals surface area contributed by atoms with E-state index in [1.165, 1.54) is 11.0 Å². The summed E-state index contributed by atoms with van der Waals surface area (Å²) in [7, 11) is 4.71. The molecule has 0 saturated carbocycles. The first-order valence-corrected chi connectivity index (χ1v) is 11.8. The van der Waals surface area contributed by atoms with Crippen LogP contribution >= 0.6 is 0 Å². The molecule has 3 aliphatic rings. The maximum Gasteiger partial charge on any atom is 0.255 e. The maximum absolute atomic E-state index is 13.6. The number of fused-ring (bicyclic) bond motifs is 3. The largest absolute Gasteiger partial charge is 0.510 e. The number of ether oxygens (including phenoxy) is 1. The van der Waals surface area contributed by atoms with Crippen LogP contribution in [0.5, 0.6) is 5.75 Å². The van der Waals surface area contributed by atoms with Crippen molar-refractivity contribution in [2.45, 2.75) is 31.0 Å². The summed E-state index contributed by atoms with van der Waals surface area (Å²) < 4.78 is 4.93. The lowest BCUT2D eigenvalue weighted by atomic mass is 9.58. The van der Waals surface area contributed by atoms with Gasteiger partial charge in [0.1, 0.15) is 22.8 Å². The van der Waals surface area contributed by atoms with Crippen LogP contribution in [0.2, 0.25) is 0 Å². The van der Waals surface area contributed by atoms with E-state index >= 15 is 0 Å². The van der Waals surface area contributed by atoms with Gasteiger partial charge in [-0.3, -0.25) is 24.1 Å². The number of ketones is 2. The minimum Gasteiger partial charge on any atom is -0.510 e. The molecule has 0 heterocycles. The third-order valence-electron chi connectivity index (χ3n) is 7.46. The van der Waals surface area contributed by atoms with Gasteiger partial charge in [-0.1, -0.05) is 6.07 Å². The smallest absolute Gasteiger partial charge is 0.255 e. The van der Waals surface area contributed by atoms with Crippen molar-refractivity contribution in [2.75, 3.05) is 34.4 Å². The molecule has 4 atom stereocenters. The minimum absolute atomic E-state index is 0.0264. The predicted molar refractivity (Wildman–Crippen MR) is 128 cm³/mol. The van der Waals surface area contributed by atoms with E-state index < -0.39 is 58.0 Å². The number of phenols is 1. The summed E-state index contributed by atoms with van der Waals surface area (Å²) in [5.41, 5.74) is 5.62. The number of aliphatic hydroxyl groups excluding tert-OH is 2. The van der Waals surface area contributed by atoms with Gasteiger partial charge in [-0.2, -0.15) is 5.48 Å². The Balaban J connectivity index is 1.80. The fraction of sp³-hybridized carbons (Fsp3) is 0.480. The van der Waals surface area contributed by atoms with Crippen LogP contribution in [0.15, 0.2) is 34.8 Å². The number of primary amides is 1. The molecule has 1 aromatic rings. The Kier molecular flexibility index (Phi) is 7.14. The van der Waals surface area contributed by atoms with E-state index in [1.807, 2.05) is 0 Å². The van der Waals surface area contributed by atoms with Crippen molar-refractivity contribution in [3.63, 3.8) is 0 Å². The lowest BCUT2D eigenvalue weighted by Crippen LogP contribution is -2.63. The monoisotopic (exact) mass is 517 g/mol. The van der Waals surface area contributed by atoms with E-state index in [0.717, 1.165) is 0 Å². The molecule has 0 aromatic heterocycles. The third kappa shape index (κ3) is 4.10. The highest BCUT2D eigenvalue weighted by Crippen LogP contribution is 2.52. The van der Waals surface area contributed by atoms with Crippen LogP contribution in [-0.2, 0) is 32.1 Å². The van der Waals surface area contributed by atoms with Crippen LogP contribution < -0.4 is 11.2 Å². The number of benzene rings is 1. The van der Waals surface area contributed by atoms with Gasteiger partial charge in [-0.05, 0) is 50.0 Å². The van der Waals surface area contributed by atoms with Crippen molar-refractivity contribution in [1.82, 2.24) is 10.4 Å². The average molecular weight is 518 g/mol. The second kappa shape index (κ2) is 9.88. The van der Waals surface area contributed by atoms with E-state index in [4.69, 9.17) is 15.3 Å². The fourth-order valence-corrected chi connectivity index (χ4v) is 5.81. The number of aromatic hydroxyl groups is 1. The number of hydrogen-bond donors (Lipinski definition) is 6. The number of rotatable bonds is 8. The van der Waals surface area contributed by atoms with E-state index in [1.54, 1.807) is 27.3 Å². The topological polar surface area (TPSA) is 192 Å². The highest BCUT2D eigenvalue weighted by molar-refractivity contribution is 6.24. The molecule has 0 spiro atoms. The van der Waals surface area contributed by atoms with E-state index in [2.05, 4.69) is 5.48 Å². The van der Waals surface area contributed by atoms with Crippen molar-refractivity contribution >= 4 is 17.5 Å². The van der Waals surface area contributed by atoms with Crippen molar-refractivity contribution in [3.8, 4) is 5.75 Å². The number of amides is 1. The van der Waals surface area contributed by atoms with E-state index in [9.17, 15) is 34.8 Å². The van der Waals surface area contributed by atoms with Crippen LogP contribution in [0.25, 0.3) is 0 Å². The Hall–Kier alpha value is -3.29. The number of Topliss-reactive ketones (excluding diaryl/α,β-unsaturated/α-hetero) is 2. The normalized spacial score (nSPS) is 27.3. The molecule has 12 nitrogen and oxygen atoms in total. The third-order valence-corrected chi connectivity index (χ3v) is 7.46. The number of methoxy groups -OCH3 is 1. The summed E-state index contributed by atoms with van der Waals surface area (Å²) in [5.74, 6) is -6.78. The number of aliphatic hydroxyl groups is 3. The summed E-state index contributed by atoms with van der Waals surface area (Å²) in [6.07, 6.45) is 0.233. The first-order valence-electron chi connectivity index (χ1n) is 11.8. The molecule has 3 aliphatic carbocycles. The minimum atomic E-state index is -2.66. The molecule has 0 saturated heterocycles. The molecule has 0 unspecified atom stereocenters. The number of hydroxylamine groups is 1. The van der Waals surface area contributed by atoms with Crippen LogP contribution in [0.4, 0.5) is 0 Å². The average Bonchev–Trinajstić information content (AvgIpc) is 2.82. The SMILES string of the molecule is COCCONCc1ccc(O)c2c1C[C@H]1C[C@H]3[C@H](N(C)C)C(O)=C(C(N)=O)C(=O)[C@@]3(O)C(O)=C1C2=O. The Bertz CT molecular complexity index is 1220. The molecular formula is C25H31N3O9. The van der Waals surface area contributed by atoms with E-state index in [-0.39, 0.29) is 36.3 Å². The van der Waals surface area contributed by atoms with Gasteiger partial charge < -0.3 is 30.9 Å². The first kappa shape index (κ1) is 26.8. The van der Waals surface area contributed by atoms with Crippen LogP contribution in [0.1, 0.15) is 27.9 Å². The second-order valence-electron chi connectivity index (χ2n) is 9.72. The molecule has 0 bridgehead atoms. The summed E-state index contributed by atoms with van der Waals surface area (Å²) in [4.78, 5) is 45.8. The Morgan fingerprint density at radius 3 is 2.54 bits per heavy atom. The maximum atomic E-state index is 13.6. The Morgan fingerprint density at radius 2 is 1.92 bits per heavy atom. The molecule has 0 aliphatic heterocycles. The zero-order valence-electron chi connectivity index (χ0n) is 20.8. The number of nitrogens with two attached hydrogens (primary N) is 1. The van der Waals surface area contributed by atoms with Crippen molar-refractivity contribution in [1.29, 1.82) is 0 Å². The van der Waals surface area contributed by atoms with E-state index in [0.29, 0.717) is 24.3 Å². The van der Waals surface area contributed by atoms with Crippen molar-refractivity contribution < 1.29 is 44.4 Å². The van der Waals surface area contributed by atoms with Crippen molar-refractivity contribution in [2.24, 2.45) is 17.6 Å². The van der Waals surface area contributed by atoms with Crippen LogP contribution in [-0.4, -0.2) is 88.9 Å². The van der Waals surface area contributed by atoms with Gasteiger partial charge in [0, 0.05) is 25.1 Å². The second-order valence-corrected chi connectivity index (χ2v) is 9.72. The number of nitrogens with zero attached hydrogens (tertiary/aromatic N) is 1. The molecule has 12 heteroatoms. The van der Waals surface area contributed by atoms with Crippen LogP contribution in [0, 0.1) is 11.8 Å². The molecule has 0 fully saturated rings. The highest BCUT2D eigenvalue weighted by atomic mass is 16.7. The van der Waals surface area contributed by atoms with Gasteiger partial charge >= 0.3 is 0 Å². The molecule has 0 radical (unpaired) electrons. The summed E-state index contributed by atoms with van der Waals surface area (Å²) in [6, 6.07) is 1.97. The molecule has 1 aromatic carbocycles. The van der Waals surface area contributed by atoms with Gasteiger partial charge in [0.25, 0.3) is 5.91 Å². The van der Waals surface area contributed by atoms with Gasteiger partial charge in [0.05, 0.1) is 24.8 Å². The van der Waals surface area contributed by atoms with Crippen LogP contribution in [0.3, 0.4) is 0 Å². The number of carbonyl (C=O) groups excluding carboxylic acids is 3. The van der Waals surface area contributed by atoms with Crippen molar-refractivity contribution in [3.05, 3.63) is 51.5 Å².